The molecule has 1 aromatic rings. The lowest BCUT2D eigenvalue weighted by Gasteiger charge is -2.29. The summed E-state index contributed by atoms with van der Waals surface area (Å²) in [4.78, 5) is 23.9. The van der Waals surface area contributed by atoms with Crippen LogP contribution in [0.1, 0.15) is 25.5 Å². The lowest BCUT2D eigenvalue weighted by Crippen LogP contribution is -2.44. The number of hydrogen-bond acceptors (Lipinski definition) is 5. The number of urea groups is 1. The van der Waals surface area contributed by atoms with Crippen molar-refractivity contribution in [2.75, 3.05) is 21.3 Å². The third kappa shape index (κ3) is 3.08. The molecule has 23 heavy (non-hydrogen) atoms. The van der Waals surface area contributed by atoms with E-state index >= 15 is 0 Å². The minimum atomic E-state index is -0.629. The number of carbonyl (C=O) groups is 2. The Morgan fingerprint density at radius 3 is 2.13 bits per heavy atom. The zero-order valence-corrected chi connectivity index (χ0v) is 13.8. The normalized spacial score (nSPS) is 17.3. The van der Waals surface area contributed by atoms with Gasteiger partial charge in [0.15, 0.2) is 17.3 Å². The Morgan fingerprint density at radius 2 is 1.61 bits per heavy atom. The fourth-order valence-electron chi connectivity index (χ4n) is 2.67. The van der Waals surface area contributed by atoms with E-state index in [1.807, 2.05) is 0 Å². The fraction of sp³-hybridized carbons (Fsp3) is 0.375. The Hall–Kier alpha value is -2.70. The van der Waals surface area contributed by atoms with E-state index < -0.39 is 6.04 Å². The van der Waals surface area contributed by atoms with Gasteiger partial charge in [-0.1, -0.05) is 0 Å². The first-order valence-electron chi connectivity index (χ1n) is 7.02. The topological polar surface area (TPSA) is 85.9 Å². The number of amides is 2. The van der Waals surface area contributed by atoms with Gasteiger partial charge in [0, 0.05) is 22.9 Å². The molecule has 7 heteroatoms. The summed E-state index contributed by atoms with van der Waals surface area (Å²) in [5.41, 5.74) is 1.60. The van der Waals surface area contributed by atoms with Crippen LogP contribution >= 0.6 is 0 Å². The number of rotatable bonds is 5. The predicted octanol–water partition coefficient (Wildman–Crippen LogP) is 1.93. The van der Waals surface area contributed by atoms with Crippen LogP contribution in [0.25, 0.3) is 0 Å². The van der Waals surface area contributed by atoms with E-state index in [1.54, 1.807) is 19.1 Å². The summed E-state index contributed by atoms with van der Waals surface area (Å²) in [6, 6.07) is 2.35. The molecule has 1 aliphatic rings. The van der Waals surface area contributed by atoms with Gasteiger partial charge in [-0.05, 0) is 19.9 Å². The Kier molecular flexibility index (Phi) is 4.78. The minimum absolute atomic E-state index is 0.142. The van der Waals surface area contributed by atoms with Crippen LogP contribution in [-0.2, 0) is 4.79 Å². The van der Waals surface area contributed by atoms with Crippen LogP contribution in [0.2, 0.25) is 0 Å². The predicted molar refractivity (Wildman–Crippen MR) is 83.9 cm³/mol. The van der Waals surface area contributed by atoms with Crippen molar-refractivity contribution in [2.24, 2.45) is 0 Å². The summed E-state index contributed by atoms with van der Waals surface area (Å²) >= 11 is 0. The number of nitrogens with one attached hydrogen (secondary N) is 2. The Morgan fingerprint density at radius 1 is 1.04 bits per heavy atom. The average molecular weight is 320 g/mol. The van der Waals surface area contributed by atoms with Crippen LogP contribution in [0, 0.1) is 0 Å². The summed E-state index contributed by atoms with van der Waals surface area (Å²) in [6.07, 6.45) is 0. The van der Waals surface area contributed by atoms with Gasteiger partial charge in [-0.3, -0.25) is 4.79 Å². The molecule has 2 amide bonds. The van der Waals surface area contributed by atoms with Gasteiger partial charge in [-0.2, -0.15) is 0 Å². The Balaban J connectivity index is 2.65. The smallest absolute Gasteiger partial charge is 0.319 e. The third-order valence-corrected chi connectivity index (χ3v) is 3.70. The number of ether oxygens (including phenoxy) is 3. The summed E-state index contributed by atoms with van der Waals surface area (Å²) in [6.45, 7) is 3.15. The first-order chi connectivity index (χ1) is 10.9. The van der Waals surface area contributed by atoms with Gasteiger partial charge in [-0.15, -0.1) is 0 Å². The highest BCUT2D eigenvalue weighted by atomic mass is 16.5. The number of carbonyl (C=O) groups excluding carboxylic acids is 2. The number of ketones is 1. The Labute approximate surface area is 134 Å². The molecule has 2 rings (SSSR count). The van der Waals surface area contributed by atoms with E-state index in [4.69, 9.17) is 14.2 Å². The number of methoxy groups -OCH3 is 3. The standard InChI is InChI=1S/C16H20N2O5/c1-8-14(9(2)19)15(18-16(20)17-8)10-6-12(22-4)13(23-5)7-11(10)21-3/h6-7,15H,1-5H3,(H2,17,18,20)/t15-/m0/s1. The van der Waals surface area contributed by atoms with E-state index in [1.165, 1.54) is 28.3 Å². The maximum Gasteiger partial charge on any atom is 0.319 e. The van der Waals surface area contributed by atoms with Crippen molar-refractivity contribution in [3.8, 4) is 17.2 Å². The van der Waals surface area contributed by atoms with Gasteiger partial charge >= 0.3 is 6.03 Å². The van der Waals surface area contributed by atoms with Gasteiger partial charge in [0.2, 0.25) is 0 Å². The lowest BCUT2D eigenvalue weighted by atomic mass is 9.92. The number of Topliss-reactive ketones (excluding diaryl/α,β-unsaturated/α-hetero) is 1. The third-order valence-electron chi connectivity index (χ3n) is 3.70. The zero-order valence-electron chi connectivity index (χ0n) is 13.8. The number of allylic oxidation sites excluding steroid dienone is 1. The first-order valence-corrected chi connectivity index (χ1v) is 7.02. The summed E-state index contributed by atoms with van der Waals surface area (Å²) in [5, 5.41) is 5.36. The highest BCUT2D eigenvalue weighted by Crippen LogP contribution is 2.40. The van der Waals surface area contributed by atoms with Crippen LogP contribution in [0.5, 0.6) is 17.2 Å². The Bertz CT molecular complexity index is 681. The van der Waals surface area contributed by atoms with E-state index in [-0.39, 0.29) is 11.8 Å². The second-order valence-electron chi connectivity index (χ2n) is 5.08. The van der Waals surface area contributed by atoms with Crippen molar-refractivity contribution in [1.82, 2.24) is 10.6 Å². The maximum absolute atomic E-state index is 12.0. The summed E-state index contributed by atoms with van der Waals surface area (Å²) < 4.78 is 16.0. The fourth-order valence-corrected chi connectivity index (χ4v) is 2.67. The van der Waals surface area contributed by atoms with E-state index in [0.29, 0.717) is 34.1 Å². The molecule has 1 aliphatic heterocycles. The van der Waals surface area contributed by atoms with Gasteiger partial charge in [-0.25, -0.2) is 4.79 Å². The quantitative estimate of drug-likeness (QED) is 0.866. The van der Waals surface area contributed by atoms with Gasteiger partial charge < -0.3 is 24.8 Å². The second kappa shape index (κ2) is 6.60. The largest absolute Gasteiger partial charge is 0.496 e. The lowest BCUT2D eigenvalue weighted by molar-refractivity contribution is -0.114. The van der Waals surface area contributed by atoms with Crippen molar-refractivity contribution in [2.45, 2.75) is 19.9 Å². The SMILES string of the molecule is COc1cc(OC)c([C@@H]2NC(=O)NC(C)=C2C(C)=O)cc1OC. The van der Waals surface area contributed by atoms with Crippen LogP contribution in [0.15, 0.2) is 23.4 Å². The van der Waals surface area contributed by atoms with Crippen molar-refractivity contribution in [3.63, 3.8) is 0 Å². The summed E-state index contributed by atoms with van der Waals surface area (Å²) in [7, 11) is 4.55. The van der Waals surface area contributed by atoms with Crippen LogP contribution in [0.3, 0.4) is 0 Å². The molecule has 0 spiro atoms. The highest BCUT2D eigenvalue weighted by molar-refractivity contribution is 5.98. The zero-order chi connectivity index (χ0) is 17.1. The molecule has 0 aliphatic carbocycles. The molecular weight excluding hydrogens is 300 g/mol. The van der Waals surface area contributed by atoms with E-state index in [0.717, 1.165) is 0 Å². The molecule has 0 unspecified atom stereocenters. The first kappa shape index (κ1) is 16.7. The molecule has 0 radical (unpaired) electrons. The van der Waals surface area contributed by atoms with Gasteiger partial charge in [0.25, 0.3) is 0 Å². The van der Waals surface area contributed by atoms with E-state index in [2.05, 4.69) is 10.6 Å². The molecule has 7 nitrogen and oxygen atoms in total. The van der Waals surface area contributed by atoms with Crippen molar-refractivity contribution >= 4 is 11.8 Å². The monoisotopic (exact) mass is 320 g/mol. The minimum Gasteiger partial charge on any atom is -0.496 e. The van der Waals surface area contributed by atoms with Crippen molar-refractivity contribution < 1.29 is 23.8 Å². The van der Waals surface area contributed by atoms with Crippen LogP contribution < -0.4 is 24.8 Å². The molecule has 1 heterocycles. The van der Waals surface area contributed by atoms with Crippen LogP contribution in [-0.4, -0.2) is 33.1 Å². The average Bonchev–Trinajstić information content (AvgIpc) is 2.52. The number of benzene rings is 1. The molecule has 0 bridgehead atoms. The molecule has 2 N–H and O–H groups in total. The highest BCUT2D eigenvalue weighted by Gasteiger charge is 2.32. The van der Waals surface area contributed by atoms with Gasteiger partial charge in [0.05, 0.1) is 27.4 Å². The van der Waals surface area contributed by atoms with Gasteiger partial charge in [0.1, 0.15) is 5.75 Å². The molecule has 0 aromatic heterocycles. The van der Waals surface area contributed by atoms with Crippen LogP contribution in [0.4, 0.5) is 4.79 Å². The molecule has 0 saturated heterocycles. The maximum atomic E-state index is 12.0. The van der Waals surface area contributed by atoms with Crippen molar-refractivity contribution in [1.29, 1.82) is 0 Å². The molecule has 0 fully saturated rings. The summed E-state index contributed by atoms with van der Waals surface area (Å²) in [5.74, 6) is 1.33. The van der Waals surface area contributed by atoms with Crippen molar-refractivity contribution in [3.05, 3.63) is 29.0 Å². The molecule has 0 saturated carbocycles. The van der Waals surface area contributed by atoms with E-state index in [9.17, 15) is 9.59 Å². The molecular formula is C16H20N2O5. The number of hydrogen-bond donors (Lipinski definition) is 2. The molecule has 124 valence electrons. The molecule has 1 atom stereocenters. The molecule has 1 aromatic carbocycles. The second-order valence-corrected chi connectivity index (χ2v) is 5.08.